The second-order valence-electron chi connectivity index (χ2n) is 4.97. The molecule has 2 rings (SSSR count). The van der Waals surface area contributed by atoms with Crippen molar-refractivity contribution in [1.29, 1.82) is 0 Å². The standard InChI is InChI=1S/C15H18N2O3S/c1-10(2)20-15-8-12(5-7-14(15)17(18)19)16-9-13-6-4-11(3)21-13/h4-8,10,16H,9H2,1-3H3. The number of benzene rings is 1. The van der Waals surface area contributed by atoms with Gasteiger partial charge in [-0.15, -0.1) is 11.3 Å². The molecule has 6 heteroatoms. The molecule has 1 aromatic carbocycles. The summed E-state index contributed by atoms with van der Waals surface area (Å²) in [6, 6.07) is 9.00. The molecule has 0 aliphatic heterocycles. The molecule has 0 spiro atoms. The van der Waals surface area contributed by atoms with E-state index in [1.807, 2.05) is 13.8 Å². The molecule has 0 aliphatic carbocycles. The van der Waals surface area contributed by atoms with Crippen LogP contribution in [0, 0.1) is 17.0 Å². The minimum Gasteiger partial charge on any atom is -0.484 e. The van der Waals surface area contributed by atoms with Gasteiger partial charge in [-0.05, 0) is 39.0 Å². The fourth-order valence-electron chi connectivity index (χ4n) is 1.89. The highest BCUT2D eigenvalue weighted by Gasteiger charge is 2.16. The molecule has 21 heavy (non-hydrogen) atoms. The first-order chi connectivity index (χ1) is 9.95. The van der Waals surface area contributed by atoms with Crippen molar-refractivity contribution in [2.75, 3.05) is 5.32 Å². The minimum absolute atomic E-state index is 0.0128. The number of rotatable bonds is 6. The van der Waals surface area contributed by atoms with Crippen molar-refractivity contribution in [3.8, 4) is 5.75 Å². The van der Waals surface area contributed by atoms with Crippen LogP contribution in [0.3, 0.4) is 0 Å². The van der Waals surface area contributed by atoms with Crippen LogP contribution in [0.5, 0.6) is 5.75 Å². The molecule has 0 saturated heterocycles. The molecule has 0 atom stereocenters. The lowest BCUT2D eigenvalue weighted by Crippen LogP contribution is -2.08. The monoisotopic (exact) mass is 306 g/mol. The van der Waals surface area contributed by atoms with E-state index in [0.717, 1.165) is 5.69 Å². The Hall–Kier alpha value is -2.08. The maximum absolute atomic E-state index is 11.0. The van der Waals surface area contributed by atoms with Crippen molar-refractivity contribution in [2.24, 2.45) is 0 Å². The van der Waals surface area contributed by atoms with Crippen molar-refractivity contribution in [1.82, 2.24) is 0 Å². The third-order valence-electron chi connectivity index (χ3n) is 2.78. The first-order valence-corrected chi connectivity index (χ1v) is 7.51. The summed E-state index contributed by atoms with van der Waals surface area (Å²) >= 11 is 1.73. The number of nitro groups is 1. The van der Waals surface area contributed by atoms with E-state index < -0.39 is 4.92 Å². The number of nitrogens with one attached hydrogen (secondary N) is 1. The van der Waals surface area contributed by atoms with Crippen molar-refractivity contribution < 1.29 is 9.66 Å². The number of ether oxygens (including phenoxy) is 1. The fourth-order valence-corrected chi connectivity index (χ4v) is 2.72. The molecule has 1 N–H and O–H groups in total. The molecule has 0 saturated carbocycles. The van der Waals surface area contributed by atoms with E-state index in [1.165, 1.54) is 15.8 Å². The number of hydrogen-bond acceptors (Lipinski definition) is 5. The number of nitrogens with zero attached hydrogens (tertiary/aromatic N) is 1. The lowest BCUT2D eigenvalue weighted by atomic mass is 10.2. The van der Waals surface area contributed by atoms with Crippen LogP contribution in [0.2, 0.25) is 0 Å². The Kier molecular flexibility index (Phi) is 4.80. The summed E-state index contributed by atoms with van der Waals surface area (Å²) in [5, 5.41) is 14.3. The molecule has 0 fully saturated rings. The minimum atomic E-state index is -0.426. The zero-order valence-electron chi connectivity index (χ0n) is 12.3. The number of nitro benzene ring substituents is 1. The van der Waals surface area contributed by atoms with Gasteiger partial charge in [0.2, 0.25) is 0 Å². The quantitative estimate of drug-likeness (QED) is 0.636. The Morgan fingerprint density at radius 3 is 2.67 bits per heavy atom. The van der Waals surface area contributed by atoms with Gasteiger partial charge in [0.25, 0.3) is 0 Å². The van der Waals surface area contributed by atoms with Crippen LogP contribution in [0.1, 0.15) is 23.6 Å². The van der Waals surface area contributed by atoms with Gasteiger partial charge in [-0.1, -0.05) is 0 Å². The lowest BCUT2D eigenvalue weighted by molar-refractivity contribution is -0.386. The Labute approximate surface area is 127 Å². The van der Waals surface area contributed by atoms with Crippen molar-refractivity contribution in [2.45, 2.75) is 33.4 Å². The molecule has 5 nitrogen and oxygen atoms in total. The molecule has 112 valence electrons. The second-order valence-corrected chi connectivity index (χ2v) is 6.34. The normalized spacial score (nSPS) is 10.7. The van der Waals surface area contributed by atoms with Crippen LogP contribution in [0.4, 0.5) is 11.4 Å². The highest BCUT2D eigenvalue weighted by atomic mass is 32.1. The van der Waals surface area contributed by atoms with Crippen molar-refractivity contribution in [3.05, 3.63) is 50.2 Å². The zero-order chi connectivity index (χ0) is 15.4. The summed E-state index contributed by atoms with van der Waals surface area (Å²) in [5.41, 5.74) is 0.795. The predicted octanol–water partition coefficient (Wildman–Crippen LogP) is 4.36. The molecule has 0 radical (unpaired) electrons. The number of aryl methyl sites for hydroxylation is 1. The van der Waals surface area contributed by atoms with E-state index in [4.69, 9.17) is 4.74 Å². The van der Waals surface area contributed by atoms with E-state index in [1.54, 1.807) is 23.5 Å². The fraction of sp³-hybridized carbons (Fsp3) is 0.333. The first-order valence-electron chi connectivity index (χ1n) is 6.70. The third kappa shape index (κ3) is 4.19. The van der Waals surface area contributed by atoms with E-state index in [-0.39, 0.29) is 11.8 Å². The van der Waals surface area contributed by atoms with Gasteiger partial charge in [-0.3, -0.25) is 10.1 Å². The smallest absolute Gasteiger partial charge is 0.311 e. The van der Waals surface area contributed by atoms with Gasteiger partial charge in [0.05, 0.1) is 11.0 Å². The number of anilines is 1. The summed E-state index contributed by atoms with van der Waals surface area (Å²) in [7, 11) is 0. The van der Waals surface area contributed by atoms with Crippen LogP contribution in [-0.2, 0) is 6.54 Å². The van der Waals surface area contributed by atoms with Crippen LogP contribution in [0.15, 0.2) is 30.3 Å². The Balaban J connectivity index is 2.14. The van der Waals surface area contributed by atoms with Crippen molar-refractivity contribution in [3.63, 3.8) is 0 Å². The van der Waals surface area contributed by atoms with Crippen molar-refractivity contribution >= 4 is 22.7 Å². The lowest BCUT2D eigenvalue weighted by Gasteiger charge is -2.12. The largest absolute Gasteiger partial charge is 0.484 e. The van der Waals surface area contributed by atoms with Gasteiger partial charge < -0.3 is 10.1 Å². The average molecular weight is 306 g/mol. The summed E-state index contributed by atoms with van der Waals surface area (Å²) < 4.78 is 5.52. The maximum Gasteiger partial charge on any atom is 0.311 e. The summed E-state index contributed by atoms with van der Waals surface area (Å²) in [4.78, 5) is 13.1. The predicted molar refractivity (Wildman–Crippen MR) is 85.2 cm³/mol. The molecule has 1 heterocycles. The molecule has 0 aliphatic rings. The van der Waals surface area contributed by atoms with Crippen LogP contribution in [0.25, 0.3) is 0 Å². The zero-order valence-corrected chi connectivity index (χ0v) is 13.1. The van der Waals surface area contributed by atoms with Gasteiger partial charge in [0.1, 0.15) is 0 Å². The Bertz CT molecular complexity index is 638. The van der Waals surface area contributed by atoms with E-state index in [2.05, 4.69) is 24.4 Å². The molecule has 1 aromatic heterocycles. The van der Waals surface area contributed by atoms with E-state index >= 15 is 0 Å². The number of thiophene rings is 1. The topological polar surface area (TPSA) is 64.4 Å². The summed E-state index contributed by atoms with van der Waals surface area (Å²) in [6.07, 6.45) is -0.112. The highest BCUT2D eigenvalue weighted by molar-refractivity contribution is 7.11. The van der Waals surface area contributed by atoms with E-state index in [0.29, 0.717) is 12.3 Å². The second kappa shape index (κ2) is 6.58. The number of hydrogen-bond donors (Lipinski definition) is 1. The summed E-state index contributed by atoms with van der Waals surface area (Å²) in [5.74, 6) is 0.294. The SMILES string of the molecule is Cc1ccc(CNc2ccc([N+](=O)[O-])c(OC(C)C)c2)s1. The molecule has 0 unspecified atom stereocenters. The summed E-state index contributed by atoms with van der Waals surface area (Å²) in [6.45, 7) is 6.45. The molecule has 0 amide bonds. The Morgan fingerprint density at radius 2 is 2.10 bits per heavy atom. The van der Waals surface area contributed by atoms with Gasteiger partial charge in [0.15, 0.2) is 5.75 Å². The van der Waals surface area contributed by atoms with Crippen LogP contribution < -0.4 is 10.1 Å². The van der Waals surface area contributed by atoms with Crippen LogP contribution >= 0.6 is 11.3 Å². The first kappa shape index (κ1) is 15.3. The van der Waals surface area contributed by atoms with Crippen LogP contribution in [-0.4, -0.2) is 11.0 Å². The molecular formula is C15H18N2O3S. The molecular weight excluding hydrogens is 288 g/mol. The van der Waals surface area contributed by atoms with Gasteiger partial charge in [-0.25, -0.2) is 0 Å². The average Bonchev–Trinajstić information content (AvgIpc) is 2.81. The van der Waals surface area contributed by atoms with Gasteiger partial charge in [0, 0.05) is 34.1 Å². The van der Waals surface area contributed by atoms with E-state index in [9.17, 15) is 10.1 Å². The maximum atomic E-state index is 11.0. The molecule has 2 aromatic rings. The Morgan fingerprint density at radius 1 is 1.33 bits per heavy atom. The highest BCUT2D eigenvalue weighted by Crippen LogP contribution is 2.31. The molecule has 0 bridgehead atoms. The van der Waals surface area contributed by atoms with Gasteiger partial charge >= 0.3 is 5.69 Å². The third-order valence-corrected chi connectivity index (χ3v) is 3.78. The van der Waals surface area contributed by atoms with Gasteiger partial charge in [-0.2, -0.15) is 0 Å².